The monoisotopic (exact) mass is 338 g/mol. The Morgan fingerprint density at radius 3 is 2.33 bits per heavy atom. The predicted molar refractivity (Wildman–Crippen MR) is 103 cm³/mol. The second kappa shape index (κ2) is 5.82. The SMILES string of the molecule is C=C(Cc1c2c(cc3c1CCC3)CCC2)c1ncc(C(C)(C)N)s1. The number of nitrogens with two attached hydrogens (primary N) is 1. The Bertz CT molecular complexity index is 776. The fraction of sp³-hybridized carbons (Fsp3) is 0.476. The van der Waals surface area contributed by atoms with E-state index in [1.807, 2.05) is 20.0 Å². The third kappa shape index (κ3) is 2.74. The van der Waals surface area contributed by atoms with E-state index in [0.717, 1.165) is 21.9 Å². The van der Waals surface area contributed by atoms with Gasteiger partial charge in [-0.2, -0.15) is 0 Å². The summed E-state index contributed by atoms with van der Waals surface area (Å²) >= 11 is 1.70. The number of hydrogen-bond acceptors (Lipinski definition) is 3. The van der Waals surface area contributed by atoms with E-state index in [1.165, 1.54) is 38.5 Å². The Balaban J connectivity index is 1.66. The first-order valence-electron chi connectivity index (χ1n) is 9.02. The topological polar surface area (TPSA) is 38.9 Å². The van der Waals surface area contributed by atoms with Gasteiger partial charge in [-0.25, -0.2) is 4.98 Å². The van der Waals surface area contributed by atoms with Crippen LogP contribution in [0.4, 0.5) is 0 Å². The summed E-state index contributed by atoms with van der Waals surface area (Å²) in [5, 5.41) is 1.05. The van der Waals surface area contributed by atoms with Crippen LogP contribution in [0.25, 0.3) is 5.57 Å². The third-order valence-corrected chi connectivity index (χ3v) is 6.87. The van der Waals surface area contributed by atoms with Gasteiger partial charge in [0.15, 0.2) is 0 Å². The molecular formula is C21H26N2S. The van der Waals surface area contributed by atoms with E-state index in [4.69, 9.17) is 5.73 Å². The average molecular weight is 339 g/mol. The molecule has 0 saturated carbocycles. The number of aryl methyl sites for hydroxylation is 2. The summed E-state index contributed by atoms with van der Waals surface area (Å²) in [5.74, 6) is 0. The van der Waals surface area contributed by atoms with Crippen LogP contribution in [-0.4, -0.2) is 4.98 Å². The molecule has 0 spiro atoms. The van der Waals surface area contributed by atoms with E-state index in [2.05, 4.69) is 17.6 Å². The minimum absolute atomic E-state index is 0.328. The van der Waals surface area contributed by atoms with E-state index >= 15 is 0 Å². The van der Waals surface area contributed by atoms with E-state index in [1.54, 1.807) is 39.2 Å². The standard InChI is InChI=1S/C21H26N2S/c1-13(20-23-12-19(24-20)21(2,3)22)10-18-16-8-4-6-14(16)11-15-7-5-9-17(15)18/h11-12H,1,4-10,22H2,2-3H3. The first-order valence-corrected chi connectivity index (χ1v) is 9.84. The Kier molecular flexibility index (Phi) is 3.89. The summed E-state index contributed by atoms with van der Waals surface area (Å²) in [6, 6.07) is 2.50. The second-order valence-electron chi connectivity index (χ2n) is 7.87. The van der Waals surface area contributed by atoms with Gasteiger partial charge in [-0.1, -0.05) is 12.6 Å². The number of nitrogens with zero attached hydrogens (tertiary/aromatic N) is 1. The maximum atomic E-state index is 6.21. The van der Waals surface area contributed by atoms with Crippen LogP contribution in [-0.2, 0) is 37.6 Å². The molecule has 126 valence electrons. The van der Waals surface area contributed by atoms with Crippen molar-refractivity contribution in [2.75, 3.05) is 0 Å². The van der Waals surface area contributed by atoms with Crippen LogP contribution in [0.5, 0.6) is 0 Å². The van der Waals surface area contributed by atoms with E-state index in [-0.39, 0.29) is 5.54 Å². The Labute approximate surface area is 148 Å². The van der Waals surface area contributed by atoms with Crippen LogP contribution in [0.2, 0.25) is 0 Å². The molecule has 0 bridgehead atoms. The number of hydrogen-bond donors (Lipinski definition) is 1. The van der Waals surface area contributed by atoms with Crippen LogP contribution in [0.3, 0.4) is 0 Å². The molecule has 0 atom stereocenters. The summed E-state index contributed by atoms with van der Waals surface area (Å²) in [7, 11) is 0. The largest absolute Gasteiger partial charge is 0.321 e. The lowest BCUT2D eigenvalue weighted by molar-refractivity contribution is 0.566. The fourth-order valence-electron chi connectivity index (χ4n) is 4.17. The summed E-state index contributed by atoms with van der Waals surface area (Å²) in [4.78, 5) is 5.73. The van der Waals surface area contributed by atoms with Crippen LogP contribution in [0, 0.1) is 0 Å². The smallest absolute Gasteiger partial charge is 0.119 e. The van der Waals surface area contributed by atoms with Crippen molar-refractivity contribution in [3.63, 3.8) is 0 Å². The quantitative estimate of drug-likeness (QED) is 0.887. The molecule has 2 aliphatic rings. The van der Waals surface area contributed by atoms with Crippen molar-refractivity contribution in [3.8, 4) is 0 Å². The molecule has 2 aliphatic carbocycles. The lowest BCUT2D eigenvalue weighted by Gasteiger charge is -2.16. The highest BCUT2D eigenvalue weighted by Gasteiger charge is 2.25. The molecule has 0 radical (unpaired) electrons. The van der Waals surface area contributed by atoms with Crippen molar-refractivity contribution in [2.24, 2.45) is 5.73 Å². The average Bonchev–Trinajstić information content (AvgIpc) is 3.25. The van der Waals surface area contributed by atoms with Gasteiger partial charge in [0.1, 0.15) is 5.01 Å². The molecule has 24 heavy (non-hydrogen) atoms. The summed E-state index contributed by atoms with van der Waals surface area (Å²) in [5.41, 5.74) is 15.0. The number of benzene rings is 1. The maximum absolute atomic E-state index is 6.21. The highest BCUT2D eigenvalue weighted by molar-refractivity contribution is 7.12. The lowest BCUT2D eigenvalue weighted by Crippen LogP contribution is -2.27. The van der Waals surface area contributed by atoms with Gasteiger partial charge in [-0.3, -0.25) is 0 Å². The zero-order chi connectivity index (χ0) is 16.9. The molecule has 2 nitrogen and oxygen atoms in total. The molecule has 0 fully saturated rings. The van der Waals surface area contributed by atoms with Gasteiger partial charge in [0.2, 0.25) is 0 Å². The first-order chi connectivity index (χ1) is 11.4. The van der Waals surface area contributed by atoms with Crippen molar-refractivity contribution in [1.82, 2.24) is 4.98 Å². The van der Waals surface area contributed by atoms with Crippen molar-refractivity contribution in [2.45, 2.75) is 64.3 Å². The third-order valence-electron chi connectivity index (χ3n) is 5.43. The van der Waals surface area contributed by atoms with Crippen LogP contribution < -0.4 is 5.73 Å². The van der Waals surface area contributed by atoms with E-state index in [0.29, 0.717) is 0 Å². The summed E-state index contributed by atoms with van der Waals surface area (Å²) in [6.07, 6.45) is 10.5. The second-order valence-corrected chi connectivity index (χ2v) is 8.90. The zero-order valence-corrected chi connectivity index (χ0v) is 15.6. The number of fused-ring (bicyclic) bond motifs is 2. The lowest BCUT2D eigenvalue weighted by atomic mass is 9.90. The Morgan fingerprint density at radius 1 is 1.17 bits per heavy atom. The molecular weight excluding hydrogens is 312 g/mol. The minimum Gasteiger partial charge on any atom is -0.321 e. The Morgan fingerprint density at radius 2 is 1.79 bits per heavy atom. The van der Waals surface area contributed by atoms with Gasteiger partial charge in [0, 0.05) is 23.0 Å². The van der Waals surface area contributed by atoms with Gasteiger partial charge in [0.25, 0.3) is 0 Å². The van der Waals surface area contributed by atoms with Gasteiger partial charge in [-0.15, -0.1) is 11.3 Å². The highest BCUT2D eigenvalue weighted by atomic mass is 32.1. The zero-order valence-electron chi connectivity index (χ0n) is 14.7. The molecule has 4 rings (SSSR count). The fourth-order valence-corrected chi connectivity index (χ4v) is 5.07. The van der Waals surface area contributed by atoms with Gasteiger partial charge in [-0.05, 0) is 85.8 Å². The number of thiazole rings is 1. The normalized spacial score (nSPS) is 16.3. The number of aromatic nitrogens is 1. The maximum Gasteiger partial charge on any atom is 0.119 e. The van der Waals surface area contributed by atoms with Gasteiger partial charge in [0.05, 0.1) is 0 Å². The minimum atomic E-state index is -0.328. The molecule has 0 amide bonds. The number of rotatable bonds is 4. The van der Waals surface area contributed by atoms with Crippen molar-refractivity contribution < 1.29 is 0 Å². The molecule has 3 heteroatoms. The summed E-state index contributed by atoms with van der Waals surface area (Å²) < 4.78 is 0. The van der Waals surface area contributed by atoms with E-state index in [9.17, 15) is 0 Å². The molecule has 0 unspecified atom stereocenters. The van der Waals surface area contributed by atoms with Crippen molar-refractivity contribution in [3.05, 3.63) is 56.5 Å². The van der Waals surface area contributed by atoms with Crippen LogP contribution in [0.15, 0.2) is 18.8 Å². The molecule has 1 aromatic carbocycles. The van der Waals surface area contributed by atoms with Crippen LogP contribution in [0.1, 0.15) is 64.4 Å². The first kappa shape index (κ1) is 16.0. The van der Waals surface area contributed by atoms with Gasteiger partial charge >= 0.3 is 0 Å². The van der Waals surface area contributed by atoms with Gasteiger partial charge < -0.3 is 5.73 Å². The molecule has 0 saturated heterocycles. The highest BCUT2D eigenvalue weighted by Crippen LogP contribution is 2.38. The molecule has 2 N–H and O–H groups in total. The van der Waals surface area contributed by atoms with Crippen LogP contribution >= 0.6 is 11.3 Å². The number of allylic oxidation sites excluding steroid dienone is 1. The summed E-state index contributed by atoms with van der Waals surface area (Å²) in [6.45, 7) is 8.44. The molecule has 1 aromatic heterocycles. The van der Waals surface area contributed by atoms with Crippen molar-refractivity contribution >= 4 is 16.9 Å². The predicted octanol–water partition coefficient (Wildman–Crippen LogP) is 4.57. The Hall–Kier alpha value is -1.45. The van der Waals surface area contributed by atoms with Crippen molar-refractivity contribution in [1.29, 1.82) is 0 Å². The van der Waals surface area contributed by atoms with E-state index < -0.39 is 0 Å². The molecule has 0 aliphatic heterocycles. The molecule has 2 aromatic rings. The molecule has 1 heterocycles.